The Balaban J connectivity index is 1.64. The Kier molecular flexibility index (Phi) is 4.72. The largest absolute Gasteiger partial charge is 0.452 e. The number of aryl methyl sites for hydroxylation is 1. The summed E-state index contributed by atoms with van der Waals surface area (Å²) < 4.78 is 25.0. The molecule has 3 aromatic carbocycles. The molecule has 1 heterocycles. The second-order valence-corrected chi connectivity index (χ2v) is 6.73. The third kappa shape index (κ3) is 3.43. The summed E-state index contributed by atoms with van der Waals surface area (Å²) in [4.78, 5) is 25.0. The first kappa shape index (κ1) is 18.6. The molecule has 144 valence electrons. The first-order valence-corrected chi connectivity index (χ1v) is 9.06. The van der Waals surface area contributed by atoms with Crippen LogP contribution in [0.5, 0.6) is 11.5 Å². The molecule has 1 aliphatic rings. The minimum atomic E-state index is -0.814. The summed E-state index contributed by atoms with van der Waals surface area (Å²) >= 11 is 0. The van der Waals surface area contributed by atoms with Crippen LogP contribution in [0.3, 0.4) is 0 Å². The second-order valence-electron chi connectivity index (χ2n) is 6.73. The fourth-order valence-corrected chi connectivity index (χ4v) is 3.15. The molecular weight excluding hydrogens is 371 g/mol. The molecule has 0 radical (unpaired) electrons. The van der Waals surface area contributed by atoms with Crippen molar-refractivity contribution in [1.82, 2.24) is 0 Å². The molecule has 1 aliphatic heterocycles. The van der Waals surface area contributed by atoms with E-state index >= 15 is 0 Å². The topological polar surface area (TPSA) is 52.6 Å². The van der Waals surface area contributed by atoms with Crippen molar-refractivity contribution in [3.05, 3.63) is 100 Å². The van der Waals surface area contributed by atoms with Crippen LogP contribution in [0.25, 0.3) is 6.08 Å². The minimum Gasteiger partial charge on any atom is -0.452 e. The van der Waals surface area contributed by atoms with Crippen LogP contribution in [0.2, 0.25) is 0 Å². The first-order chi connectivity index (χ1) is 14.0. The van der Waals surface area contributed by atoms with Crippen LogP contribution in [0.1, 0.15) is 37.4 Å². The molecule has 0 fully saturated rings. The number of Topliss-reactive ketones (excluding diaryl/α,β-unsaturated/α-hetero) is 1. The van der Waals surface area contributed by atoms with Crippen molar-refractivity contribution >= 4 is 17.8 Å². The minimum absolute atomic E-state index is 0.162. The van der Waals surface area contributed by atoms with Gasteiger partial charge in [-0.1, -0.05) is 36.4 Å². The first-order valence-electron chi connectivity index (χ1n) is 9.06. The molecule has 4 rings (SSSR count). The molecule has 3 aromatic rings. The van der Waals surface area contributed by atoms with Gasteiger partial charge in [0.25, 0.3) is 0 Å². The number of hydrogen-bond acceptors (Lipinski definition) is 4. The molecule has 0 N–H and O–H groups in total. The highest BCUT2D eigenvalue weighted by atomic mass is 19.1. The van der Waals surface area contributed by atoms with Crippen molar-refractivity contribution in [2.75, 3.05) is 0 Å². The Hall–Kier alpha value is -3.73. The molecule has 0 aliphatic carbocycles. The van der Waals surface area contributed by atoms with Crippen molar-refractivity contribution in [2.24, 2.45) is 0 Å². The van der Waals surface area contributed by atoms with E-state index in [9.17, 15) is 14.0 Å². The average molecular weight is 388 g/mol. The highest BCUT2D eigenvalue weighted by Gasteiger charge is 2.30. The normalized spacial score (nSPS) is 13.9. The van der Waals surface area contributed by atoms with Gasteiger partial charge in [-0.3, -0.25) is 4.79 Å². The zero-order valence-electron chi connectivity index (χ0n) is 15.9. The number of hydrogen-bond donors (Lipinski definition) is 0. The zero-order chi connectivity index (χ0) is 20.5. The molecule has 0 bridgehead atoms. The van der Waals surface area contributed by atoms with Gasteiger partial charge in [0.15, 0.2) is 5.76 Å². The zero-order valence-corrected chi connectivity index (χ0v) is 15.9. The van der Waals surface area contributed by atoms with E-state index in [1.807, 2.05) is 31.2 Å². The molecule has 0 saturated heterocycles. The molecule has 5 heteroatoms. The Bertz CT molecular complexity index is 1180. The van der Waals surface area contributed by atoms with Crippen molar-refractivity contribution in [3.8, 4) is 11.5 Å². The van der Waals surface area contributed by atoms with Gasteiger partial charge in [-0.15, -0.1) is 0 Å². The predicted octanol–water partition coefficient (Wildman–Crippen LogP) is 5.28. The molecule has 0 aromatic heterocycles. The average Bonchev–Trinajstić information content (AvgIpc) is 3.02. The smallest absolute Gasteiger partial charge is 0.346 e. The predicted molar refractivity (Wildman–Crippen MR) is 107 cm³/mol. The summed E-state index contributed by atoms with van der Waals surface area (Å²) in [5.41, 5.74) is 2.63. The number of rotatable bonds is 3. The highest BCUT2D eigenvalue weighted by Crippen LogP contribution is 2.39. The van der Waals surface area contributed by atoms with Crippen LogP contribution in [0.4, 0.5) is 4.39 Å². The standard InChI is InChI=1S/C24H17FO4/c1-14-7-3-4-8-16(14)13-21-22(26)18-11-12-20(15(2)23(18)28-21)29-24(27)17-9-5-6-10-19(17)25/h3-13H,1-2H3/b21-13-. The van der Waals surface area contributed by atoms with E-state index in [2.05, 4.69) is 0 Å². The molecule has 0 unspecified atom stereocenters. The summed E-state index contributed by atoms with van der Waals surface area (Å²) in [5, 5.41) is 0. The fraction of sp³-hybridized carbons (Fsp3) is 0.0833. The van der Waals surface area contributed by atoms with E-state index in [1.165, 1.54) is 24.3 Å². The summed E-state index contributed by atoms with van der Waals surface area (Å²) in [5.74, 6) is -0.957. The van der Waals surface area contributed by atoms with Crippen LogP contribution >= 0.6 is 0 Å². The highest BCUT2D eigenvalue weighted by molar-refractivity contribution is 6.15. The number of ether oxygens (including phenoxy) is 2. The van der Waals surface area contributed by atoms with Crippen LogP contribution in [-0.2, 0) is 0 Å². The van der Waals surface area contributed by atoms with Gasteiger partial charge < -0.3 is 9.47 Å². The third-order valence-electron chi connectivity index (χ3n) is 4.81. The Labute approximate surface area is 167 Å². The van der Waals surface area contributed by atoms with Gasteiger partial charge in [-0.25, -0.2) is 9.18 Å². The fourth-order valence-electron chi connectivity index (χ4n) is 3.15. The van der Waals surface area contributed by atoms with Crippen LogP contribution in [0.15, 0.2) is 66.4 Å². The summed E-state index contributed by atoms with van der Waals surface area (Å²) in [6.45, 7) is 3.64. The second kappa shape index (κ2) is 7.36. The quantitative estimate of drug-likeness (QED) is 0.348. The molecule has 0 spiro atoms. The Morgan fingerprint density at radius 2 is 1.72 bits per heavy atom. The number of ketones is 1. The molecule has 4 nitrogen and oxygen atoms in total. The van der Waals surface area contributed by atoms with Crippen molar-refractivity contribution in [1.29, 1.82) is 0 Å². The Morgan fingerprint density at radius 1 is 1.00 bits per heavy atom. The SMILES string of the molecule is Cc1ccccc1/C=C1\Oc2c(ccc(OC(=O)c3ccccc3F)c2C)C1=O. The number of benzene rings is 3. The summed E-state index contributed by atoms with van der Waals surface area (Å²) in [6.07, 6.45) is 1.70. The van der Waals surface area contributed by atoms with Gasteiger partial charge >= 0.3 is 5.97 Å². The number of esters is 1. The lowest BCUT2D eigenvalue weighted by molar-refractivity contribution is 0.0728. The molecular formula is C24H17FO4. The lowest BCUT2D eigenvalue weighted by Gasteiger charge is -2.10. The lowest BCUT2D eigenvalue weighted by atomic mass is 10.0. The molecule has 29 heavy (non-hydrogen) atoms. The van der Waals surface area contributed by atoms with Crippen LogP contribution in [0, 0.1) is 19.7 Å². The van der Waals surface area contributed by atoms with Gasteiger partial charge in [0.05, 0.1) is 11.1 Å². The summed E-state index contributed by atoms with van der Waals surface area (Å²) in [7, 11) is 0. The van der Waals surface area contributed by atoms with E-state index in [0.717, 1.165) is 11.1 Å². The third-order valence-corrected chi connectivity index (χ3v) is 4.81. The van der Waals surface area contributed by atoms with Gasteiger partial charge in [0.2, 0.25) is 5.78 Å². The molecule has 0 amide bonds. The van der Waals surface area contributed by atoms with E-state index < -0.39 is 11.8 Å². The maximum absolute atomic E-state index is 13.8. The Morgan fingerprint density at radius 3 is 2.48 bits per heavy atom. The summed E-state index contributed by atoms with van der Waals surface area (Å²) in [6, 6.07) is 16.3. The van der Waals surface area contributed by atoms with Crippen LogP contribution < -0.4 is 9.47 Å². The number of allylic oxidation sites excluding steroid dienone is 1. The van der Waals surface area contributed by atoms with Crippen LogP contribution in [-0.4, -0.2) is 11.8 Å². The van der Waals surface area contributed by atoms with E-state index in [1.54, 1.807) is 25.1 Å². The molecule has 0 saturated carbocycles. The van der Waals surface area contributed by atoms with Crippen molar-refractivity contribution in [3.63, 3.8) is 0 Å². The molecule has 0 atom stereocenters. The monoisotopic (exact) mass is 388 g/mol. The van der Waals surface area contributed by atoms with E-state index in [4.69, 9.17) is 9.47 Å². The number of halogens is 1. The number of carbonyl (C=O) groups is 2. The van der Waals surface area contributed by atoms with Gasteiger partial charge in [0.1, 0.15) is 17.3 Å². The maximum Gasteiger partial charge on any atom is 0.346 e. The van der Waals surface area contributed by atoms with E-state index in [-0.39, 0.29) is 22.9 Å². The number of carbonyl (C=O) groups excluding carboxylic acids is 2. The van der Waals surface area contributed by atoms with Crippen molar-refractivity contribution in [2.45, 2.75) is 13.8 Å². The van der Waals surface area contributed by atoms with Gasteiger partial charge in [-0.2, -0.15) is 0 Å². The van der Waals surface area contributed by atoms with Gasteiger partial charge in [-0.05, 0) is 55.3 Å². The van der Waals surface area contributed by atoms with Crippen molar-refractivity contribution < 1.29 is 23.5 Å². The lowest BCUT2D eigenvalue weighted by Crippen LogP contribution is -2.11. The number of fused-ring (bicyclic) bond motifs is 1. The van der Waals surface area contributed by atoms with E-state index in [0.29, 0.717) is 16.9 Å². The maximum atomic E-state index is 13.8. The van der Waals surface area contributed by atoms with Gasteiger partial charge in [0, 0.05) is 5.56 Å².